The van der Waals surface area contributed by atoms with Crippen LogP contribution in [0.2, 0.25) is 0 Å². The molecule has 0 fully saturated rings. The van der Waals surface area contributed by atoms with E-state index >= 15 is 0 Å². The summed E-state index contributed by atoms with van der Waals surface area (Å²) in [7, 11) is 1.74. The number of anilines is 2. The molecule has 0 aliphatic carbocycles. The first-order valence-electron chi connectivity index (χ1n) is 4.95. The van der Waals surface area contributed by atoms with Crippen molar-refractivity contribution in [2.24, 2.45) is 0 Å². The van der Waals surface area contributed by atoms with E-state index < -0.39 is 0 Å². The Hall–Kier alpha value is -1.33. The summed E-state index contributed by atoms with van der Waals surface area (Å²) in [5.41, 5.74) is 7.80. The van der Waals surface area contributed by atoms with Gasteiger partial charge in [-0.2, -0.15) is 0 Å². The van der Waals surface area contributed by atoms with Gasteiger partial charge in [-0.05, 0) is 40.2 Å². The summed E-state index contributed by atoms with van der Waals surface area (Å²) in [4.78, 5) is 13.7. The zero-order chi connectivity index (χ0) is 12.4. The van der Waals surface area contributed by atoms with Crippen molar-refractivity contribution in [1.82, 2.24) is 0 Å². The number of nitrogens with zero attached hydrogens (tertiary/aromatic N) is 1. The van der Waals surface area contributed by atoms with E-state index in [0.717, 1.165) is 9.47 Å². The van der Waals surface area contributed by atoms with Gasteiger partial charge in [0.1, 0.15) is 0 Å². The number of carbonyl (C=O) groups is 1. The number of amides is 1. The number of nitrogens with two attached hydrogens (primary N) is 1. The molecule has 0 radical (unpaired) electrons. The predicted molar refractivity (Wildman–Crippen MR) is 75.6 cm³/mol. The maximum atomic E-state index is 12.1. The van der Waals surface area contributed by atoms with Crippen molar-refractivity contribution in [2.75, 3.05) is 17.7 Å². The van der Waals surface area contributed by atoms with Crippen molar-refractivity contribution < 1.29 is 4.79 Å². The third-order valence-corrected chi connectivity index (χ3v) is 3.88. The second-order valence-electron chi connectivity index (χ2n) is 3.60. The Balaban J connectivity index is 2.26. The fourth-order valence-corrected chi connectivity index (χ4v) is 2.60. The number of nitrogen functional groups attached to an aromatic ring is 1. The quantitative estimate of drug-likeness (QED) is 0.864. The molecule has 0 aliphatic heterocycles. The van der Waals surface area contributed by atoms with Crippen molar-refractivity contribution in [3.63, 3.8) is 0 Å². The minimum absolute atomic E-state index is 0.0439. The summed E-state index contributed by atoms with van der Waals surface area (Å²) < 4.78 is 0.946. The van der Waals surface area contributed by atoms with Crippen LogP contribution < -0.4 is 10.6 Å². The molecule has 0 spiro atoms. The summed E-state index contributed by atoms with van der Waals surface area (Å²) in [5.74, 6) is -0.0439. The van der Waals surface area contributed by atoms with E-state index in [0.29, 0.717) is 11.3 Å². The second kappa shape index (κ2) is 4.89. The van der Waals surface area contributed by atoms with E-state index in [4.69, 9.17) is 5.73 Å². The van der Waals surface area contributed by atoms with Crippen LogP contribution in [0.1, 0.15) is 10.4 Å². The number of hydrogen-bond acceptors (Lipinski definition) is 3. The average Bonchev–Trinajstić information content (AvgIpc) is 2.74. The van der Waals surface area contributed by atoms with Crippen LogP contribution in [0.4, 0.5) is 11.4 Å². The fraction of sp³-hybridized carbons (Fsp3) is 0.0833. The highest BCUT2D eigenvalue weighted by Crippen LogP contribution is 2.24. The Morgan fingerprint density at radius 2 is 2.18 bits per heavy atom. The van der Waals surface area contributed by atoms with Gasteiger partial charge in [0.15, 0.2) is 0 Å². The number of thiophene rings is 1. The van der Waals surface area contributed by atoms with Crippen molar-refractivity contribution in [3.8, 4) is 0 Å². The molecular formula is C12H11BrN2OS. The van der Waals surface area contributed by atoms with Gasteiger partial charge >= 0.3 is 0 Å². The summed E-state index contributed by atoms with van der Waals surface area (Å²) >= 11 is 4.84. The van der Waals surface area contributed by atoms with Gasteiger partial charge in [-0.1, -0.05) is 6.07 Å². The van der Waals surface area contributed by atoms with Crippen molar-refractivity contribution in [1.29, 1.82) is 0 Å². The zero-order valence-corrected chi connectivity index (χ0v) is 11.6. The lowest BCUT2D eigenvalue weighted by atomic mass is 10.2. The second-order valence-corrected chi connectivity index (χ2v) is 5.89. The highest BCUT2D eigenvalue weighted by molar-refractivity contribution is 9.11. The third kappa shape index (κ3) is 2.68. The van der Waals surface area contributed by atoms with E-state index in [1.165, 1.54) is 11.3 Å². The van der Waals surface area contributed by atoms with Crippen molar-refractivity contribution in [3.05, 3.63) is 45.1 Å². The van der Waals surface area contributed by atoms with Crippen LogP contribution in [0.3, 0.4) is 0 Å². The van der Waals surface area contributed by atoms with Crippen molar-refractivity contribution >= 4 is 44.5 Å². The van der Waals surface area contributed by atoms with Crippen LogP contribution >= 0.6 is 27.3 Å². The first-order chi connectivity index (χ1) is 8.08. The number of halogens is 1. The standard InChI is InChI=1S/C12H11BrN2OS/c1-15(10-4-2-3-9(14)6-10)12(16)8-5-11(13)17-7-8/h2-7H,14H2,1H3. The Kier molecular flexibility index (Phi) is 3.49. The molecule has 2 rings (SSSR count). The van der Waals surface area contributed by atoms with Crippen LogP contribution in [0.25, 0.3) is 0 Å². The molecule has 5 heteroatoms. The molecule has 2 N–H and O–H groups in total. The molecule has 2 aromatic rings. The maximum Gasteiger partial charge on any atom is 0.258 e. The normalized spacial score (nSPS) is 10.2. The molecule has 3 nitrogen and oxygen atoms in total. The monoisotopic (exact) mass is 310 g/mol. The van der Waals surface area contributed by atoms with E-state index in [9.17, 15) is 4.79 Å². The minimum atomic E-state index is -0.0439. The number of hydrogen-bond donors (Lipinski definition) is 1. The van der Waals surface area contributed by atoms with Gasteiger partial charge in [-0.3, -0.25) is 4.79 Å². The smallest absolute Gasteiger partial charge is 0.258 e. The average molecular weight is 311 g/mol. The van der Waals surface area contributed by atoms with E-state index in [2.05, 4.69) is 15.9 Å². The minimum Gasteiger partial charge on any atom is -0.399 e. The molecule has 0 saturated heterocycles. The molecule has 0 aliphatic rings. The predicted octanol–water partition coefficient (Wildman–Crippen LogP) is 3.37. The van der Waals surface area contributed by atoms with Gasteiger partial charge in [-0.15, -0.1) is 11.3 Å². The molecule has 0 saturated carbocycles. The van der Waals surface area contributed by atoms with Crippen molar-refractivity contribution in [2.45, 2.75) is 0 Å². The Morgan fingerprint density at radius 1 is 1.41 bits per heavy atom. The first-order valence-corrected chi connectivity index (χ1v) is 6.63. The largest absolute Gasteiger partial charge is 0.399 e. The molecule has 88 valence electrons. The lowest BCUT2D eigenvalue weighted by Crippen LogP contribution is -2.25. The molecule has 1 amide bonds. The molecular weight excluding hydrogens is 300 g/mol. The summed E-state index contributed by atoms with van der Waals surface area (Å²) in [6.07, 6.45) is 0. The van der Waals surface area contributed by atoms with E-state index in [1.807, 2.05) is 23.6 Å². The Bertz CT molecular complexity index is 553. The van der Waals surface area contributed by atoms with Gasteiger partial charge in [-0.25, -0.2) is 0 Å². The van der Waals surface area contributed by atoms with Gasteiger partial charge in [0.25, 0.3) is 5.91 Å². The summed E-state index contributed by atoms with van der Waals surface area (Å²) in [6, 6.07) is 9.08. The third-order valence-electron chi connectivity index (χ3n) is 2.38. The Morgan fingerprint density at radius 3 is 2.76 bits per heavy atom. The van der Waals surface area contributed by atoms with Gasteiger partial charge < -0.3 is 10.6 Å². The lowest BCUT2D eigenvalue weighted by Gasteiger charge is -2.16. The number of benzene rings is 1. The first kappa shape index (κ1) is 12.1. The van der Waals surface area contributed by atoms with Crippen LogP contribution in [0.5, 0.6) is 0 Å². The highest BCUT2D eigenvalue weighted by atomic mass is 79.9. The van der Waals surface area contributed by atoms with Crippen LogP contribution in [-0.2, 0) is 0 Å². The van der Waals surface area contributed by atoms with Gasteiger partial charge in [0, 0.05) is 23.8 Å². The van der Waals surface area contributed by atoms with Gasteiger partial charge in [0.2, 0.25) is 0 Å². The van der Waals surface area contributed by atoms with Gasteiger partial charge in [0.05, 0.1) is 9.35 Å². The van der Waals surface area contributed by atoms with Crippen LogP contribution in [0.15, 0.2) is 39.5 Å². The maximum absolute atomic E-state index is 12.1. The molecule has 17 heavy (non-hydrogen) atoms. The molecule has 0 atom stereocenters. The van der Waals surface area contributed by atoms with Crippen LogP contribution in [0, 0.1) is 0 Å². The summed E-state index contributed by atoms with van der Waals surface area (Å²) in [5, 5.41) is 1.83. The lowest BCUT2D eigenvalue weighted by molar-refractivity contribution is 0.0993. The topological polar surface area (TPSA) is 46.3 Å². The molecule has 1 aromatic heterocycles. The highest BCUT2D eigenvalue weighted by Gasteiger charge is 2.14. The van der Waals surface area contributed by atoms with Crippen LogP contribution in [-0.4, -0.2) is 13.0 Å². The molecule has 0 unspecified atom stereocenters. The number of rotatable bonds is 2. The zero-order valence-electron chi connectivity index (χ0n) is 9.18. The summed E-state index contributed by atoms with van der Waals surface area (Å²) in [6.45, 7) is 0. The SMILES string of the molecule is CN(C(=O)c1csc(Br)c1)c1cccc(N)c1. The fourth-order valence-electron chi connectivity index (χ4n) is 1.47. The molecule has 1 heterocycles. The van der Waals surface area contributed by atoms with E-state index in [1.54, 1.807) is 24.1 Å². The molecule has 0 bridgehead atoms. The Labute approximate surface area is 112 Å². The van der Waals surface area contributed by atoms with E-state index in [-0.39, 0.29) is 5.91 Å². The number of carbonyl (C=O) groups excluding carboxylic acids is 1. The molecule has 1 aromatic carbocycles.